The van der Waals surface area contributed by atoms with Gasteiger partial charge >= 0.3 is 0 Å². The molecule has 4 fully saturated rings. The molecular weight excluding hydrogens is 246 g/mol. The van der Waals surface area contributed by atoms with Crippen LogP contribution < -0.4 is 4.74 Å². The summed E-state index contributed by atoms with van der Waals surface area (Å²) in [5.74, 6) is 3.86. The number of benzene rings is 1. The number of ether oxygens (including phenoxy) is 1. The molecule has 0 aromatic heterocycles. The quantitative estimate of drug-likeness (QED) is 0.821. The molecular formula is C18H23NO. The van der Waals surface area contributed by atoms with Crippen LogP contribution in [0.25, 0.3) is 0 Å². The molecule has 106 valence electrons. The van der Waals surface area contributed by atoms with Crippen LogP contribution in [0, 0.1) is 23.2 Å². The van der Waals surface area contributed by atoms with Gasteiger partial charge in [-0.1, -0.05) is 0 Å². The molecule has 0 heterocycles. The van der Waals surface area contributed by atoms with Crippen LogP contribution in [0.3, 0.4) is 0 Å². The van der Waals surface area contributed by atoms with E-state index in [1.165, 1.54) is 50.3 Å². The van der Waals surface area contributed by atoms with Gasteiger partial charge in [0.25, 0.3) is 0 Å². The van der Waals surface area contributed by atoms with E-state index in [1.54, 1.807) is 7.11 Å². The van der Waals surface area contributed by atoms with E-state index in [0.29, 0.717) is 5.41 Å². The van der Waals surface area contributed by atoms with Gasteiger partial charge in [0.2, 0.25) is 0 Å². The molecule has 5 rings (SSSR count). The minimum atomic E-state index is 0.346. The molecule has 0 radical (unpaired) electrons. The average molecular weight is 269 g/mol. The molecule has 1 aromatic rings. The van der Waals surface area contributed by atoms with E-state index >= 15 is 0 Å². The van der Waals surface area contributed by atoms with E-state index in [2.05, 4.69) is 12.1 Å². The monoisotopic (exact) mass is 269 g/mol. The van der Waals surface area contributed by atoms with Gasteiger partial charge in [-0.05, 0) is 85.5 Å². The van der Waals surface area contributed by atoms with Crippen molar-refractivity contribution in [1.29, 1.82) is 5.41 Å². The highest BCUT2D eigenvalue weighted by Crippen LogP contribution is 2.61. The lowest BCUT2D eigenvalue weighted by Gasteiger charge is -2.57. The van der Waals surface area contributed by atoms with E-state index < -0.39 is 0 Å². The van der Waals surface area contributed by atoms with E-state index in [0.717, 1.165) is 29.1 Å². The van der Waals surface area contributed by atoms with Crippen LogP contribution in [-0.4, -0.2) is 13.3 Å². The number of rotatable bonds is 3. The van der Waals surface area contributed by atoms with Crippen LogP contribution in [0.4, 0.5) is 0 Å². The maximum Gasteiger partial charge on any atom is 0.122 e. The second-order valence-electron chi connectivity index (χ2n) is 7.30. The Labute approximate surface area is 121 Å². The largest absolute Gasteiger partial charge is 0.496 e. The Kier molecular flexibility index (Phi) is 2.70. The van der Waals surface area contributed by atoms with Gasteiger partial charge in [0, 0.05) is 11.8 Å². The van der Waals surface area contributed by atoms with Crippen molar-refractivity contribution in [3.63, 3.8) is 0 Å². The summed E-state index contributed by atoms with van der Waals surface area (Å²) in [4.78, 5) is 0. The summed E-state index contributed by atoms with van der Waals surface area (Å²) in [5, 5.41) is 7.54. The summed E-state index contributed by atoms with van der Waals surface area (Å²) >= 11 is 0. The van der Waals surface area contributed by atoms with Crippen LogP contribution >= 0.6 is 0 Å². The SMILES string of the molecule is COc1ccc(C=N)cc1C12CC3CC(CC(C3)C1)C2. The highest BCUT2D eigenvalue weighted by atomic mass is 16.5. The van der Waals surface area contributed by atoms with Crippen molar-refractivity contribution in [3.05, 3.63) is 29.3 Å². The smallest absolute Gasteiger partial charge is 0.122 e. The zero-order chi connectivity index (χ0) is 13.7. The Morgan fingerprint density at radius 1 is 1.10 bits per heavy atom. The van der Waals surface area contributed by atoms with Crippen molar-refractivity contribution in [1.82, 2.24) is 0 Å². The van der Waals surface area contributed by atoms with Gasteiger partial charge in [0.05, 0.1) is 7.11 Å². The van der Waals surface area contributed by atoms with E-state index in [9.17, 15) is 0 Å². The highest BCUT2D eigenvalue weighted by molar-refractivity contribution is 5.78. The van der Waals surface area contributed by atoms with Crippen molar-refractivity contribution in [2.75, 3.05) is 7.11 Å². The van der Waals surface area contributed by atoms with Crippen molar-refractivity contribution >= 4 is 6.21 Å². The molecule has 0 amide bonds. The molecule has 2 nitrogen and oxygen atoms in total. The summed E-state index contributed by atoms with van der Waals surface area (Å²) < 4.78 is 5.66. The van der Waals surface area contributed by atoms with Gasteiger partial charge in [-0.2, -0.15) is 0 Å². The Morgan fingerprint density at radius 3 is 2.20 bits per heavy atom. The number of methoxy groups -OCH3 is 1. The normalized spacial score (nSPS) is 38.0. The summed E-state index contributed by atoms with van der Waals surface area (Å²) in [5.41, 5.74) is 2.75. The molecule has 0 atom stereocenters. The van der Waals surface area contributed by atoms with E-state index in [1.807, 2.05) is 6.07 Å². The fraction of sp³-hybridized carbons (Fsp3) is 0.611. The van der Waals surface area contributed by atoms with Crippen LogP contribution in [-0.2, 0) is 5.41 Å². The topological polar surface area (TPSA) is 33.1 Å². The lowest BCUT2D eigenvalue weighted by atomic mass is 9.48. The highest BCUT2D eigenvalue weighted by Gasteiger charge is 2.52. The van der Waals surface area contributed by atoms with Gasteiger partial charge < -0.3 is 10.1 Å². The first-order valence-electron chi connectivity index (χ1n) is 7.91. The molecule has 4 aliphatic carbocycles. The first kappa shape index (κ1) is 12.4. The molecule has 0 unspecified atom stereocenters. The van der Waals surface area contributed by atoms with Crippen LogP contribution in [0.1, 0.15) is 49.7 Å². The molecule has 1 N–H and O–H groups in total. The molecule has 4 aliphatic rings. The Hall–Kier alpha value is -1.31. The van der Waals surface area contributed by atoms with Crippen molar-refractivity contribution < 1.29 is 4.74 Å². The Balaban J connectivity index is 1.81. The van der Waals surface area contributed by atoms with Crippen LogP contribution in [0.2, 0.25) is 0 Å². The molecule has 0 spiro atoms. The van der Waals surface area contributed by atoms with Gasteiger partial charge in [-0.25, -0.2) is 0 Å². The van der Waals surface area contributed by atoms with Crippen LogP contribution in [0.15, 0.2) is 18.2 Å². The second kappa shape index (κ2) is 4.34. The first-order valence-corrected chi connectivity index (χ1v) is 7.91. The Bertz CT molecular complexity index is 513. The van der Waals surface area contributed by atoms with Gasteiger partial charge in [-0.15, -0.1) is 0 Å². The lowest BCUT2D eigenvalue weighted by molar-refractivity contribution is -0.00615. The van der Waals surface area contributed by atoms with Crippen molar-refractivity contribution in [3.8, 4) is 5.75 Å². The summed E-state index contributed by atoms with van der Waals surface area (Å²) in [6.07, 6.45) is 9.89. The predicted octanol–water partition coefficient (Wildman–Crippen LogP) is 4.16. The maximum absolute atomic E-state index is 7.54. The second-order valence-corrected chi connectivity index (χ2v) is 7.30. The first-order chi connectivity index (χ1) is 9.72. The van der Waals surface area contributed by atoms with Gasteiger partial charge in [0.1, 0.15) is 5.75 Å². The Morgan fingerprint density at radius 2 is 1.70 bits per heavy atom. The molecule has 2 heteroatoms. The molecule has 0 aliphatic heterocycles. The van der Waals surface area contributed by atoms with Crippen LogP contribution in [0.5, 0.6) is 5.75 Å². The van der Waals surface area contributed by atoms with E-state index in [4.69, 9.17) is 10.1 Å². The maximum atomic E-state index is 7.54. The standard InChI is InChI=1S/C18H23NO/c1-20-17-3-2-12(11-19)7-16(17)18-8-13-4-14(9-18)6-15(5-13)10-18/h2-3,7,11,13-15,19H,4-6,8-10H2,1H3. The predicted molar refractivity (Wildman–Crippen MR) is 80.7 cm³/mol. The van der Waals surface area contributed by atoms with E-state index in [-0.39, 0.29) is 0 Å². The zero-order valence-corrected chi connectivity index (χ0v) is 12.2. The summed E-state index contributed by atoms with van der Waals surface area (Å²) in [7, 11) is 1.78. The minimum absolute atomic E-state index is 0.346. The number of hydrogen-bond donors (Lipinski definition) is 1. The number of nitrogens with one attached hydrogen (secondary N) is 1. The number of hydrogen-bond acceptors (Lipinski definition) is 2. The summed E-state index contributed by atoms with van der Waals surface area (Å²) in [6.45, 7) is 0. The molecule has 4 bridgehead atoms. The molecule has 4 saturated carbocycles. The van der Waals surface area contributed by atoms with Crippen molar-refractivity contribution in [2.45, 2.75) is 43.9 Å². The molecule has 20 heavy (non-hydrogen) atoms. The third-order valence-corrected chi connectivity index (χ3v) is 6.00. The zero-order valence-electron chi connectivity index (χ0n) is 12.2. The average Bonchev–Trinajstić information content (AvgIpc) is 2.45. The molecule has 1 aromatic carbocycles. The third kappa shape index (κ3) is 1.73. The van der Waals surface area contributed by atoms with Crippen molar-refractivity contribution in [2.24, 2.45) is 17.8 Å². The summed E-state index contributed by atoms with van der Waals surface area (Å²) in [6, 6.07) is 6.28. The van der Waals surface area contributed by atoms with Gasteiger partial charge in [-0.3, -0.25) is 0 Å². The molecule has 0 saturated heterocycles. The fourth-order valence-corrected chi connectivity index (χ4v) is 5.67. The fourth-order valence-electron chi connectivity index (χ4n) is 5.67. The minimum Gasteiger partial charge on any atom is -0.496 e. The van der Waals surface area contributed by atoms with Gasteiger partial charge in [0.15, 0.2) is 0 Å². The lowest BCUT2D eigenvalue weighted by Crippen LogP contribution is -2.48. The third-order valence-electron chi connectivity index (χ3n) is 6.00.